The van der Waals surface area contributed by atoms with Gasteiger partial charge in [0.25, 0.3) is 0 Å². The predicted octanol–water partition coefficient (Wildman–Crippen LogP) is -2.53. The van der Waals surface area contributed by atoms with E-state index in [1.165, 1.54) is 11.1 Å². The minimum absolute atomic E-state index is 0. The largest absolute Gasteiger partial charge is 1.00 e. The predicted molar refractivity (Wildman–Crippen MR) is 59.5 cm³/mol. The fourth-order valence-corrected chi connectivity index (χ4v) is 1.21. The first-order chi connectivity index (χ1) is 6.95. The Kier molecular flexibility index (Phi) is 8.19. The molecular formula is C14H10Li2. The van der Waals surface area contributed by atoms with Gasteiger partial charge in [-0.3, -0.25) is 0 Å². The maximum absolute atomic E-state index is 2.99. The number of hydrogen-bond acceptors (Lipinski definition) is 0. The molecule has 0 saturated carbocycles. The van der Waals surface area contributed by atoms with Crippen molar-refractivity contribution in [2.45, 2.75) is 0 Å². The maximum Gasteiger partial charge on any atom is 1.00 e. The van der Waals surface area contributed by atoms with E-state index in [-0.39, 0.29) is 37.7 Å². The Balaban J connectivity index is 0.00000112. The SMILES string of the molecule is [Li+].[Li+].[c-]1ccc(C=Cc2cc[c-]cc2)cc1. The van der Waals surface area contributed by atoms with E-state index in [9.17, 15) is 0 Å². The van der Waals surface area contributed by atoms with Crippen molar-refractivity contribution in [3.63, 3.8) is 0 Å². The molecule has 0 amide bonds. The average molecular weight is 192 g/mol. The fraction of sp³-hybridized carbons (Fsp3) is 0. The zero-order valence-corrected chi connectivity index (χ0v) is 9.77. The third-order valence-corrected chi connectivity index (χ3v) is 1.96. The molecule has 0 nitrogen and oxygen atoms in total. The molecule has 2 aromatic rings. The second-order valence-electron chi connectivity index (χ2n) is 3.00. The second-order valence-corrected chi connectivity index (χ2v) is 3.00. The van der Waals surface area contributed by atoms with Crippen LogP contribution in [0.2, 0.25) is 0 Å². The minimum atomic E-state index is 0. The van der Waals surface area contributed by atoms with E-state index in [1.807, 2.05) is 48.5 Å². The molecule has 0 atom stereocenters. The van der Waals surface area contributed by atoms with E-state index >= 15 is 0 Å². The van der Waals surface area contributed by atoms with Crippen molar-refractivity contribution >= 4 is 12.2 Å². The molecule has 0 saturated heterocycles. The van der Waals surface area contributed by atoms with Gasteiger partial charge >= 0.3 is 37.7 Å². The first-order valence-corrected chi connectivity index (χ1v) is 4.55. The van der Waals surface area contributed by atoms with Gasteiger partial charge in [-0.15, -0.1) is 11.1 Å². The van der Waals surface area contributed by atoms with Crippen molar-refractivity contribution in [2.75, 3.05) is 0 Å². The molecule has 68 valence electrons. The van der Waals surface area contributed by atoms with Gasteiger partial charge in [0.2, 0.25) is 0 Å². The summed E-state index contributed by atoms with van der Waals surface area (Å²) in [6.07, 6.45) is 4.17. The van der Waals surface area contributed by atoms with Crippen LogP contribution in [0.25, 0.3) is 12.2 Å². The van der Waals surface area contributed by atoms with Crippen molar-refractivity contribution in [2.24, 2.45) is 0 Å². The third-order valence-electron chi connectivity index (χ3n) is 1.96. The summed E-state index contributed by atoms with van der Waals surface area (Å²) in [6, 6.07) is 21.8. The third kappa shape index (κ3) is 4.93. The van der Waals surface area contributed by atoms with Gasteiger partial charge in [0.15, 0.2) is 0 Å². The standard InChI is InChI=1S/C14H10.2Li/c1-3-7-13(8-4-1)11-12-14-9-5-2-6-10-14;;/h3-12H;;/q-2;2*+1. The molecule has 16 heavy (non-hydrogen) atoms. The molecule has 0 aliphatic carbocycles. The summed E-state index contributed by atoms with van der Waals surface area (Å²) in [6.45, 7) is 0. The van der Waals surface area contributed by atoms with Gasteiger partial charge in [0.05, 0.1) is 0 Å². The van der Waals surface area contributed by atoms with Crippen molar-refractivity contribution in [1.82, 2.24) is 0 Å². The number of benzene rings is 2. The first kappa shape index (κ1) is 15.4. The summed E-state index contributed by atoms with van der Waals surface area (Å²) < 4.78 is 0. The van der Waals surface area contributed by atoms with Crippen LogP contribution in [0.3, 0.4) is 0 Å². The van der Waals surface area contributed by atoms with Crippen LogP contribution in [0.5, 0.6) is 0 Å². The van der Waals surface area contributed by atoms with Crippen molar-refractivity contribution < 1.29 is 37.7 Å². The molecule has 0 aromatic heterocycles. The molecule has 0 spiro atoms. The molecule has 0 unspecified atom stereocenters. The molecule has 0 aliphatic heterocycles. The second kappa shape index (κ2) is 8.52. The summed E-state index contributed by atoms with van der Waals surface area (Å²) >= 11 is 0. The number of hydrogen-bond donors (Lipinski definition) is 0. The molecule has 0 N–H and O–H groups in total. The zero-order valence-electron chi connectivity index (χ0n) is 9.77. The monoisotopic (exact) mass is 192 g/mol. The van der Waals surface area contributed by atoms with E-state index in [4.69, 9.17) is 0 Å². The Morgan fingerprint density at radius 2 is 0.938 bits per heavy atom. The Hall–Kier alpha value is -0.625. The van der Waals surface area contributed by atoms with Crippen molar-refractivity contribution in [1.29, 1.82) is 0 Å². The Morgan fingerprint density at radius 1 is 0.625 bits per heavy atom. The fourth-order valence-electron chi connectivity index (χ4n) is 1.21. The Labute approximate surface area is 121 Å². The molecule has 0 heterocycles. The molecule has 2 heteroatoms. The summed E-state index contributed by atoms with van der Waals surface area (Å²) in [5.74, 6) is 0. The van der Waals surface area contributed by atoms with E-state index in [1.54, 1.807) is 0 Å². The van der Waals surface area contributed by atoms with Gasteiger partial charge < -0.3 is 0 Å². The smallest absolute Gasteiger partial charge is 0.184 e. The zero-order chi connectivity index (χ0) is 9.64. The van der Waals surface area contributed by atoms with Crippen LogP contribution in [0.1, 0.15) is 11.1 Å². The summed E-state index contributed by atoms with van der Waals surface area (Å²) in [4.78, 5) is 0. The van der Waals surface area contributed by atoms with Gasteiger partial charge in [0, 0.05) is 0 Å². The topological polar surface area (TPSA) is 0 Å². The summed E-state index contributed by atoms with van der Waals surface area (Å²) in [7, 11) is 0. The van der Waals surface area contributed by atoms with Gasteiger partial charge in [-0.1, -0.05) is 12.2 Å². The maximum atomic E-state index is 2.99. The number of rotatable bonds is 2. The van der Waals surface area contributed by atoms with Crippen LogP contribution < -0.4 is 37.7 Å². The van der Waals surface area contributed by atoms with E-state index in [0.29, 0.717) is 0 Å². The van der Waals surface area contributed by atoms with E-state index < -0.39 is 0 Å². The van der Waals surface area contributed by atoms with E-state index in [0.717, 1.165) is 0 Å². The molecular weight excluding hydrogens is 182 g/mol. The Morgan fingerprint density at radius 3 is 1.25 bits per heavy atom. The van der Waals surface area contributed by atoms with Crippen LogP contribution in [-0.4, -0.2) is 0 Å². The molecule has 0 radical (unpaired) electrons. The van der Waals surface area contributed by atoms with Crippen molar-refractivity contribution in [3.05, 3.63) is 71.8 Å². The first-order valence-electron chi connectivity index (χ1n) is 4.55. The minimum Gasteiger partial charge on any atom is -0.184 e. The van der Waals surface area contributed by atoms with Crippen molar-refractivity contribution in [3.8, 4) is 0 Å². The van der Waals surface area contributed by atoms with Crippen LogP contribution in [-0.2, 0) is 0 Å². The normalized spacial score (nSPS) is 9.25. The van der Waals surface area contributed by atoms with Crippen LogP contribution in [0.15, 0.2) is 48.5 Å². The van der Waals surface area contributed by atoms with Crippen LogP contribution in [0, 0.1) is 12.1 Å². The Bertz CT molecular complexity index is 366. The quantitative estimate of drug-likeness (QED) is 0.279. The van der Waals surface area contributed by atoms with Gasteiger partial charge in [-0.05, 0) is 0 Å². The molecule has 2 rings (SSSR count). The molecule has 0 bridgehead atoms. The molecule has 0 fully saturated rings. The molecule has 2 aromatic carbocycles. The molecule has 0 aliphatic rings. The van der Waals surface area contributed by atoms with Crippen LogP contribution in [0.4, 0.5) is 0 Å². The van der Waals surface area contributed by atoms with Gasteiger partial charge in [-0.2, -0.15) is 60.7 Å². The van der Waals surface area contributed by atoms with Gasteiger partial charge in [0.1, 0.15) is 0 Å². The summed E-state index contributed by atoms with van der Waals surface area (Å²) in [5, 5.41) is 0. The summed E-state index contributed by atoms with van der Waals surface area (Å²) in [5.41, 5.74) is 2.38. The van der Waals surface area contributed by atoms with Crippen LogP contribution >= 0.6 is 0 Å². The van der Waals surface area contributed by atoms with Gasteiger partial charge in [-0.25, -0.2) is 0 Å². The average Bonchev–Trinajstić information content (AvgIpc) is 2.29. The van der Waals surface area contributed by atoms with E-state index in [2.05, 4.69) is 24.3 Å².